The van der Waals surface area contributed by atoms with Gasteiger partial charge in [0.05, 0.1) is 18.4 Å². The van der Waals surface area contributed by atoms with E-state index in [2.05, 4.69) is 21.5 Å². The fourth-order valence-electron chi connectivity index (χ4n) is 1.44. The van der Waals surface area contributed by atoms with Crippen molar-refractivity contribution in [2.45, 2.75) is 25.3 Å². The number of nitrogens with one attached hydrogen (secondary N) is 2. The highest BCUT2D eigenvalue weighted by Gasteiger charge is 2.27. The highest BCUT2D eigenvalue weighted by atomic mass is 32.2. The lowest BCUT2D eigenvalue weighted by Gasteiger charge is -2.02. The molecular formula is C9H13N3O2S. The highest BCUT2D eigenvalue weighted by molar-refractivity contribution is 7.92. The van der Waals surface area contributed by atoms with Crippen molar-refractivity contribution in [1.82, 2.24) is 14.9 Å². The van der Waals surface area contributed by atoms with Crippen molar-refractivity contribution in [2.24, 2.45) is 0 Å². The third-order valence-corrected chi connectivity index (χ3v) is 3.42. The van der Waals surface area contributed by atoms with Gasteiger partial charge in [0.25, 0.3) is 0 Å². The maximum absolute atomic E-state index is 11.1. The van der Waals surface area contributed by atoms with Crippen molar-refractivity contribution >= 4 is 10.0 Å². The van der Waals surface area contributed by atoms with E-state index in [4.69, 9.17) is 0 Å². The lowest BCUT2D eigenvalue weighted by atomic mass is 10.2. The van der Waals surface area contributed by atoms with Crippen LogP contribution in [0.1, 0.15) is 30.0 Å². The molecule has 5 nitrogen and oxygen atoms in total. The molecule has 0 bridgehead atoms. The summed E-state index contributed by atoms with van der Waals surface area (Å²) in [4.78, 5) is 0. The molecule has 15 heavy (non-hydrogen) atoms. The maximum atomic E-state index is 11.1. The second kappa shape index (κ2) is 3.79. The molecule has 6 heteroatoms. The maximum Gasteiger partial charge on any atom is 0.233 e. The highest BCUT2D eigenvalue weighted by Crippen LogP contribution is 2.40. The van der Waals surface area contributed by atoms with E-state index in [0.717, 1.165) is 16.7 Å². The van der Waals surface area contributed by atoms with Crippen LogP contribution in [0.25, 0.3) is 0 Å². The van der Waals surface area contributed by atoms with E-state index >= 15 is 0 Å². The number of nitrogens with zero attached hydrogens (tertiary/aromatic N) is 1. The number of aromatic amines is 1. The van der Waals surface area contributed by atoms with Gasteiger partial charge in [-0.05, 0) is 24.3 Å². The molecule has 1 heterocycles. The van der Waals surface area contributed by atoms with Crippen molar-refractivity contribution in [3.63, 3.8) is 0 Å². The smallest absolute Gasteiger partial charge is 0.233 e. The summed E-state index contributed by atoms with van der Waals surface area (Å²) in [6.45, 7) is 3.48. The fourth-order valence-corrected chi connectivity index (χ4v) is 1.91. The van der Waals surface area contributed by atoms with Crippen LogP contribution in [0.2, 0.25) is 0 Å². The van der Waals surface area contributed by atoms with Crippen LogP contribution in [0.4, 0.5) is 0 Å². The van der Waals surface area contributed by atoms with Crippen LogP contribution >= 0.6 is 0 Å². The zero-order chi connectivity index (χ0) is 10.9. The first-order chi connectivity index (χ1) is 7.12. The van der Waals surface area contributed by atoms with E-state index in [1.54, 1.807) is 6.20 Å². The average Bonchev–Trinajstić information content (AvgIpc) is 2.95. The largest absolute Gasteiger partial charge is 0.281 e. The molecule has 0 spiro atoms. The number of H-pyrrole nitrogens is 1. The average molecular weight is 227 g/mol. The van der Waals surface area contributed by atoms with Crippen molar-refractivity contribution in [3.8, 4) is 0 Å². The quantitative estimate of drug-likeness (QED) is 0.783. The third kappa shape index (κ3) is 2.45. The molecule has 1 aliphatic rings. The zero-order valence-corrected chi connectivity index (χ0v) is 9.05. The number of hydrogen-bond acceptors (Lipinski definition) is 3. The molecule has 0 amide bonds. The van der Waals surface area contributed by atoms with Crippen molar-refractivity contribution in [2.75, 3.05) is 0 Å². The second-order valence-corrected chi connectivity index (χ2v) is 5.32. The van der Waals surface area contributed by atoms with E-state index < -0.39 is 10.0 Å². The van der Waals surface area contributed by atoms with E-state index in [0.29, 0.717) is 5.92 Å². The summed E-state index contributed by atoms with van der Waals surface area (Å²) in [6, 6.07) is 0. The number of hydrogen-bond donors (Lipinski definition) is 2. The molecule has 0 radical (unpaired) electrons. The van der Waals surface area contributed by atoms with Gasteiger partial charge >= 0.3 is 0 Å². The Bertz CT molecular complexity index is 459. The van der Waals surface area contributed by atoms with Crippen LogP contribution in [-0.2, 0) is 16.6 Å². The molecule has 82 valence electrons. The Balaban J connectivity index is 2.04. The topological polar surface area (TPSA) is 74.8 Å². The minimum atomic E-state index is -3.35. The first-order valence-corrected chi connectivity index (χ1v) is 6.31. The predicted octanol–water partition coefficient (Wildman–Crippen LogP) is 0.850. The SMILES string of the molecule is C=CS(=O)(=O)NCc1[nH]ncc1C1CC1. The summed E-state index contributed by atoms with van der Waals surface area (Å²) in [6.07, 6.45) is 4.11. The number of sulfonamides is 1. The molecule has 0 aromatic carbocycles. The van der Waals surface area contributed by atoms with Gasteiger partial charge < -0.3 is 0 Å². The normalized spacial score (nSPS) is 16.5. The van der Waals surface area contributed by atoms with E-state index in [1.807, 2.05) is 0 Å². The molecule has 0 unspecified atom stereocenters. The molecule has 2 rings (SSSR count). The molecule has 1 fully saturated rings. The minimum absolute atomic E-state index is 0.250. The first-order valence-electron chi connectivity index (χ1n) is 4.76. The molecule has 1 aliphatic carbocycles. The van der Waals surface area contributed by atoms with Crippen molar-refractivity contribution in [1.29, 1.82) is 0 Å². The molecule has 0 aliphatic heterocycles. The summed E-state index contributed by atoms with van der Waals surface area (Å²) < 4.78 is 24.7. The summed E-state index contributed by atoms with van der Waals surface area (Å²) >= 11 is 0. The Morgan fingerprint density at radius 2 is 2.40 bits per heavy atom. The third-order valence-electron chi connectivity index (χ3n) is 2.44. The Morgan fingerprint density at radius 1 is 1.67 bits per heavy atom. The van der Waals surface area contributed by atoms with Gasteiger partial charge in [-0.1, -0.05) is 6.58 Å². The van der Waals surface area contributed by atoms with Gasteiger partial charge in [0, 0.05) is 5.41 Å². The van der Waals surface area contributed by atoms with Crippen LogP contribution in [-0.4, -0.2) is 18.6 Å². The second-order valence-electron chi connectivity index (χ2n) is 3.61. The van der Waals surface area contributed by atoms with Crippen molar-refractivity contribution in [3.05, 3.63) is 29.4 Å². The van der Waals surface area contributed by atoms with Crippen LogP contribution in [0.5, 0.6) is 0 Å². The van der Waals surface area contributed by atoms with E-state index in [9.17, 15) is 8.42 Å². The van der Waals surface area contributed by atoms with Gasteiger partial charge in [-0.25, -0.2) is 13.1 Å². The lowest BCUT2D eigenvalue weighted by Crippen LogP contribution is -2.21. The Morgan fingerprint density at radius 3 is 3.00 bits per heavy atom. The van der Waals surface area contributed by atoms with Gasteiger partial charge in [-0.15, -0.1) is 0 Å². The summed E-state index contributed by atoms with van der Waals surface area (Å²) in [7, 11) is -3.35. The standard InChI is InChI=1S/C9H13N3O2S/c1-2-15(13,14)11-6-9-8(5-10-12-9)7-3-4-7/h2,5,7,11H,1,3-4,6H2,(H,10,12). The first kappa shape index (κ1) is 10.4. The molecule has 1 aromatic heterocycles. The van der Waals surface area contributed by atoms with E-state index in [-0.39, 0.29) is 6.54 Å². The van der Waals surface area contributed by atoms with Crippen molar-refractivity contribution < 1.29 is 8.42 Å². The molecular weight excluding hydrogens is 214 g/mol. The Hall–Kier alpha value is -1.14. The van der Waals surface area contributed by atoms with Gasteiger partial charge in [0.15, 0.2) is 0 Å². The van der Waals surface area contributed by atoms with Gasteiger partial charge in [0.2, 0.25) is 10.0 Å². The number of rotatable bonds is 5. The summed E-state index contributed by atoms with van der Waals surface area (Å²) in [5.74, 6) is 0.562. The van der Waals surface area contributed by atoms with Crippen LogP contribution in [0.15, 0.2) is 18.2 Å². The van der Waals surface area contributed by atoms with Crippen LogP contribution < -0.4 is 4.72 Å². The summed E-state index contributed by atoms with van der Waals surface area (Å²) in [5.41, 5.74) is 1.98. The summed E-state index contributed by atoms with van der Waals surface area (Å²) in [5, 5.41) is 7.64. The Labute approximate surface area is 88.6 Å². The zero-order valence-electron chi connectivity index (χ0n) is 8.23. The predicted molar refractivity (Wildman–Crippen MR) is 56.5 cm³/mol. The number of aromatic nitrogens is 2. The fraction of sp³-hybridized carbons (Fsp3) is 0.444. The molecule has 1 aromatic rings. The molecule has 1 saturated carbocycles. The van der Waals surface area contributed by atoms with Crippen LogP contribution in [0.3, 0.4) is 0 Å². The minimum Gasteiger partial charge on any atom is -0.281 e. The van der Waals surface area contributed by atoms with Gasteiger partial charge in [-0.2, -0.15) is 5.10 Å². The van der Waals surface area contributed by atoms with Crippen LogP contribution in [0, 0.1) is 0 Å². The van der Waals surface area contributed by atoms with E-state index in [1.165, 1.54) is 12.8 Å². The molecule has 0 saturated heterocycles. The monoisotopic (exact) mass is 227 g/mol. The lowest BCUT2D eigenvalue weighted by molar-refractivity contribution is 0.589. The Kier molecular flexibility index (Phi) is 2.62. The molecule has 0 atom stereocenters. The van der Waals surface area contributed by atoms with Gasteiger partial charge in [-0.3, -0.25) is 5.10 Å². The van der Waals surface area contributed by atoms with Gasteiger partial charge in [0.1, 0.15) is 0 Å². The molecule has 2 N–H and O–H groups in total.